The fourth-order valence-corrected chi connectivity index (χ4v) is 3.20. The van der Waals surface area contributed by atoms with Gasteiger partial charge in [0.15, 0.2) is 0 Å². The first-order chi connectivity index (χ1) is 11.6. The number of carboxylic acid groups (broad SMARTS) is 1. The van der Waals surface area contributed by atoms with Gasteiger partial charge in [-0.25, -0.2) is 0 Å². The Kier molecular flexibility index (Phi) is 10.3. The van der Waals surface area contributed by atoms with Crippen LogP contribution in [0.1, 0.15) is 71.1 Å². The standard InChI is InChI=1S/C20H32O4/c1-2-3-4-5-6-9-12-16-17(19(22)15-18(16)21)13-10-7-8-11-14-20(23)24/h7,9-10,12,16-18,21H,2-6,8,11,13-15H2,1H3,(H,23,24)/b10-7-,12-9+/t16-,17?,18-/m0/s1. The Balaban J connectivity index is 2.39. The molecule has 1 aliphatic carbocycles. The molecule has 0 bridgehead atoms. The molecule has 0 amide bonds. The molecule has 1 unspecified atom stereocenters. The number of aliphatic carboxylic acids is 1. The highest BCUT2D eigenvalue weighted by Gasteiger charge is 2.38. The molecule has 0 radical (unpaired) electrons. The molecule has 1 saturated carbocycles. The van der Waals surface area contributed by atoms with Crippen LogP contribution in [-0.2, 0) is 9.59 Å². The lowest BCUT2D eigenvalue weighted by atomic mass is 9.90. The second-order valence-corrected chi connectivity index (χ2v) is 6.69. The number of carbonyl (C=O) groups is 2. The first-order valence-electron chi connectivity index (χ1n) is 9.30. The molecule has 2 N–H and O–H groups in total. The molecule has 4 heteroatoms. The van der Waals surface area contributed by atoms with E-state index in [1.54, 1.807) is 0 Å². The molecular weight excluding hydrogens is 304 g/mol. The minimum absolute atomic E-state index is 0.0765. The molecular formula is C20H32O4. The van der Waals surface area contributed by atoms with Gasteiger partial charge in [-0.3, -0.25) is 9.59 Å². The summed E-state index contributed by atoms with van der Waals surface area (Å²) in [6.07, 6.45) is 15.8. The van der Waals surface area contributed by atoms with E-state index in [0.29, 0.717) is 19.3 Å². The highest BCUT2D eigenvalue weighted by Crippen LogP contribution is 2.33. The second-order valence-electron chi connectivity index (χ2n) is 6.69. The van der Waals surface area contributed by atoms with Crippen molar-refractivity contribution in [1.29, 1.82) is 0 Å². The third-order valence-corrected chi connectivity index (χ3v) is 4.63. The van der Waals surface area contributed by atoms with Gasteiger partial charge < -0.3 is 10.2 Å². The molecule has 0 aromatic heterocycles. The lowest BCUT2D eigenvalue weighted by Gasteiger charge is -2.15. The Hall–Kier alpha value is -1.42. The molecule has 1 aliphatic rings. The van der Waals surface area contributed by atoms with Crippen LogP contribution >= 0.6 is 0 Å². The summed E-state index contributed by atoms with van der Waals surface area (Å²) in [5, 5.41) is 18.7. The number of hydrogen-bond donors (Lipinski definition) is 2. The molecule has 0 aromatic rings. The average molecular weight is 336 g/mol. The van der Waals surface area contributed by atoms with E-state index in [1.807, 2.05) is 18.2 Å². The topological polar surface area (TPSA) is 74.6 Å². The number of carboxylic acids is 1. The van der Waals surface area contributed by atoms with Gasteiger partial charge in [0.2, 0.25) is 0 Å². The van der Waals surface area contributed by atoms with Gasteiger partial charge in [-0.15, -0.1) is 0 Å². The Labute approximate surface area is 145 Å². The van der Waals surface area contributed by atoms with Crippen LogP contribution in [0.5, 0.6) is 0 Å². The van der Waals surface area contributed by atoms with Crippen molar-refractivity contribution in [3.05, 3.63) is 24.3 Å². The van der Waals surface area contributed by atoms with Gasteiger partial charge >= 0.3 is 5.97 Å². The SMILES string of the molecule is CCCCCC/C=C/[C@H]1C(C/C=C\CCCC(=O)O)C(=O)C[C@@H]1O. The minimum atomic E-state index is -0.776. The summed E-state index contributed by atoms with van der Waals surface area (Å²) in [6.45, 7) is 2.19. The summed E-state index contributed by atoms with van der Waals surface area (Å²) in [4.78, 5) is 22.5. The number of allylic oxidation sites excluding steroid dienone is 3. The molecule has 24 heavy (non-hydrogen) atoms. The van der Waals surface area contributed by atoms with Crippen molar-refractivity contribution in [2.75, 3.05) is 0 Å². The zero-order valence-corrected chi connectivity index (χ0v) is 14.8. The van der Waals surface area contributed by atoms with Gasteiger partial charge in [-0.2, -0.15) is 0 Å². The molecule has 136 valence electrons. The van der Waals surface area contributed by atoms with Gasteiger partial charge in [-0.05, 0) is 32.1 Å². The predicted octanol–water partition coefficient (Wildman–Crippen LogP) is 4.28. The minimum Gasteiger partial charge on any atom is -0.481 e. The van der Waals surface area contributed by atoms with Crippen LogP contribution < -0.4 is 0 Å². The number of ketones is 1. The largest absolute Gasteiger partial charge is 0.481 e. The zero-order valence-electron chi connectivity index (χ0n) is 14.8. The number of rotatable bonds is 12. The predicted molar refractivity (Wildman–Crippen MR) is 95.8 cm³/mol. The highest BCUT2D eigenvalue weighted by molar-refractivity contribution is 5.84. The molecule has 0 aromatic carbocycles. The van der Waals surface area contributed by atoms with E-state index in [2.05, 4.69) is 13.0 Å². The molecule has 3 atom stereocenters. The van der Waals surface area contributed by atoms with E-state index >= 15 is 0 Å². The molecule has 1 fully saturated rings. The number of unbranched alkanes of at least 4 members (excludes halogenated alkanes) is 5. The normalized spacial score (nSPS) is 24.4. The number of Topliss-reactive ketones (excluding diaryl/α,β-unsaturated/α-hetero) is 1. The Morgan fingerprint density at radius 3 is 2.58 bits per heavy atom. The van der Waals surface area contributed by atoms with Gasteiger partial charge in [0.05, 0.1) is 6.10 Å². The quantitative estimate of drug-likeness (QED) is 0.412. The van der Waals surface area contributed by atoms with Crippen molar-refractivity contribution in [1.82, 2.24) is 0 Å². The molecule has 4 nitrogen and oxygen atoms in total. The first-order valence-corrected chi connectivity index (χ1v) is 9.30. The van der Waals surface area contributed by atoms with E-state index in [1.165, 1.54) is 19.3 Å². The average Bonchev–Trinajstić information content (AvgIpc) is 2.80. The van der Waals surface area contributed by atoms with E-state index in [9.17, 15) is 14.7 Å². The molecule has 0 spiro atoms. The van der Waals surface area contributed by atoms with Crippen LogP contribution in [0.15, 0.2) is 24.3 Å². The number of hydrogen-bond acceptors (Lipinski definition) is 3. The van der Waals surface area contributed by atoms with Crippen LogP contribution in [0.3, 0.4) is 0 Å². The summed E-state index contributed by atoms with van der Waals surface area (Å²) >= 11 is 0. The van der Waals surface area contributed by atoms with Crippen molar-refractivity contribution in [3.63, 3.8) is 0 Å². The molecule has 0 aliphatic heterocycles. The van der Waals surface area contributed by atoms with E-state index in [-0.39, 0.29) is 30.5 Å². The van der Waals surface area contributed by atoms with Gasteiger partial charge in [-0.1, -0.05) is 50.5 Å². The van der Waals surface area contributed by atoms with Crippen molar-refractivity contribution >= 4 is 11.8 Å². The third kappa shape index (κ3) is 7.91. The van der Waals surface area contributed by atoms with Crippen LogP contribution in [0, 0.1) is 11.8 Å². The first kappa shape index (κ1) is 20.6. The van der Waals surface area contributed by atoms with Crippen molar-refractivity contribution in [2.24, 2.45) is 11.8 Å². The monoisotopic (exact) mass is 336 g/mol. The summed E-state index contributed by atoms with van der Waals surface area (Å²) in [7, 11) is 0. The maximum absolute atomic E-state index is 12.1. The maximum atomic E-state index is 12.1. The third-order valence-electron chi connectivity index (χ3n) is 4.63. The Morgan fingerprint density at radius 2 is 1.88 bits per heavy atom. The number of aliphatic hydroxyl groups excluding tert-OH is 1. The van der Waals surface area contributed by atoms with Crippen molar-refractivity contribution < 1.29 is 19.8 Å². The fraction of sp³-hybridized carbons (Fsp3) is 0.700. The van der Waals surface area contributed by atoms with Gasteiger partial charge in [0.1, 0.15) is 5.78 Å². The maximum Gasteiger partial charge on any atom is 0.303 e. The second kappa shape index (κ2) is 12.0. The zero-order chi connectivity index (χ0) is 17.8. The van der Waals surface area contributed by atoms with Crippen LogP contribution in [-0.4, -0.2) is 28.1 Å². The fourth-order valence-electron chi connectivity index (χ4n) is 3.20. The summed E-state index contributed by atoms with van der Waals surface area (Å²) in [5.74, 6) is -0.852. The summed E-state index contributed by atoms with van der Waals surface area (Å²) in [6, 6.07) is 0. The van der Waals surface area contributed by atoms with E-state index in [4.69, 9.17) is 5.11 Å². The van der Waals surface area contributed by atoms with Crippen LogP contribution in [0.2, 0.25) is 0 Å². The smallest absolute Gasteiger partial charge is 0.303 e. The number of carbonyl (C=O) groups excluding carboxylic acids is 1. The van der Waals surface area contributed by atoms with Crippen molar-refractivity contribution in [3.8, 4) is 0 Å². The number of aliphatic hydroxyl groups is 1. The van der Waals surface area contributed by atoms with E-state index < -0.39 is 12.1 Å². The van der Waals surface area contributed by atoms with Crippen LogP contribution in [0.25, 0.3) is 0 Å². The molecule has 0 saturated heterocycles. The van der Waals surface area contributed by atoms with Gasteiger partial charge in [0, 0.05) is 24.7 Å². The summed E-state index contributed by atoms with van der Waals surface area (Å²) in [5.41, 5.74) is 0. The van der Waals surface area contributed by atoms with Gasteiger partial charge in [0.25, 0.3) is 0 Å². The highest BCUT2D eigenvalue weighted by atomic mass is 16.4. The lowest BCUT2D eigenvalue weighted by molar-refractivity contribution is -0.137. The van der Waals surface area contributed by atoms with Crippen LogP contribution in [0.4, 0.5) is 0 Å². The van der Waals surface area contributed by atoms with Crippen molar-refractivity contribution in [2.45, 2.75) is 77.2 Å². The Morgan fingerprint density at radius 1 is 1.12 bits per heavy atom. The lowest BCUT2D eigenvalue weighted by Crippen LogP contribution is -2.17. The summed E-state index contributed by atoms with van der Waals surface area (Å²) < 4.78 is 0. The Bertz CT molecular complexity index is 439. The molecule has 0 heterocycles. The molecule has 1 rings (SSSR count). The van der Waals surface area contributed by atoms with E-state index in [0.717, 1.165) is 12.8 Å².